The normalized spacial score (nSPS) is 15.3. The predicted octanol–water partition coefficient (Wildman–Crippen LogP) is 4.68. The molecule has 0 aromatic heterocycles. The molecule has 4 nitrogen and oxygen atoms in total. The van der Waals surface area contributed by atoms with E-state index in [1.54, 1.807) is 17.0 Å². The summed E-state index contributed by atoms with van der Waals surface area (Å²) in [6, 6.07) is 22.6. The Morgan fingerprint density at radius 1 is 0.939 bits per heavy atom. The quantitative estimate of drug-likeness (QED) is 0.600. The van der Waals surface area contributed by atoms with Crippen LogP contribution in [0, 0.1) is 18.2 Å². The number of carbonyl (C=O) groups is 2. The maximum atomic E-state index is 13.4. The molecule has 2 amide bonds. The summed E-state index contributed by atoms with van der Waals surface area (Å²) >= 11 is 0. The fraction of sp³-hybridized carbons (Fsp3) is 0.286. The van der Waals surface area contributed by atoms with Crippen LogP contribution in [0.25, 0.3) is 11.1 Å². The van der Waals surface area contributed by atoms with E-state index in [1.165, 1.54) is 23.3 Å². The Morgan fingerprint density at radius 3 is 2.33 bits per heavy atom. The van der Waals surface area contributed by atoms with Gasteiger partial charge in [0.1, 0.15) is 5.82 Å². The van der Waals surface area contributed by atoms with Crippen LogP contribution in [-0.4, -0.2) is 29.8 Å². The van der Waals surface area contributed by atoms with Crippen LogP contribution in [0.4, 0.5) is 4.39 Å². The van der Waals surface area contributed by atoms with E-state index in [9.17, 15) is 14.0 Å². The van der Waals surface area contributed by atoms with Crippen molar-refractivity contribution < 1.29 is 14.0 Å². The molecular weight excluding hydrogens is 415 g/mol. The first-order valence-electron chi connectivity index (χ1n) is 11.3. The summed E-state index contributed by atoms with van der Waals surface area (Å²) in [5, 5.41) is 0. The second-order valence-electron chi connectivity index (χ2n) is 9.02. The molecule has 1 aliphatic rings. The van der Waals surface area contributed by atoms with Gasteiger partial charge in [-0.15, -0.1) is 0 Å². The highest BCUT2D eigenvalue weighted by Gasteiger charge is 2.41. The molecule has 0 atom stereocenters. The van der Waals surface area contributed by atoms with Gasteiger partial charge in [-0.25, -0.2) is 4.39 Å². The summed E-state index contributed by atoms with van der Waals surface area (Å²) in [7, 11) is 0. The molecule has 2 N–H and O–H groups in total. The van der Waals surface area contributed by atoms with Gasteiger partial charge in [0.2, 0.25) is 11.8 Å². The largest absolute Gasteiger partial charge is 0.369 e. The predicted molar refractivity (Wildman–Crippen MR) is 128 cm³/mol. The fourth-order valence-corrected chi connectivity index (χ4v) is 4.76. The SMILES string of the molecule is Cc1ccccc1-c1cccc(CC2(C(N)=O)CCN(C(=O)Cc3cccc(F)c3)CC2)c1. The maximum Gasteiger partial charge on any atom is 0.226 e. The topological polar surface area (TPSA) is 63.4 Å². The molecule has 1 aliphatic heterocycles. The Kier molecular flexibility index (Phi) is 6.59. The van der Waals surface area contributed by atoms with Crippen LogP contribution in [0.3, 0.4) is 0 Å². The van der Waals surface area contributed by atoms with Gasteiger partial charge in [0, 0.05) is 13.1 Å². The minimum Gasteiger partial charge on any atom is -0.369 e. The highest BCUT2D eigenvalue weighted by atomic mass is 19.1. The zero-order chi connectivity index (χ0) is 23.4. The molecule has 3 aromatic carbocycles. The van der Waals surface area contributed by atoms with E-state index in [1.807, 2.05) is 24.3 Å². The van der Waals surface area contributed by atoms with Gasteiger partial charge in [-0.1, -0.05) is 60.7 Å². The zero-order valence-corrected chi connectivity index (χ0v) is 18.9. The van der Waals surface area contributed by atoms with Crippen molar-refractivity contribution in [3.63, 3.8) is 0 Å². The first-order valence-corrected chi connectivity index (χ1v) is 11.3. The Morgan fingerprint density at radius 2 is 1.64 bits per heavy atom. The monoisotopic (exact) mass is 444 g/mol. The molecule has 4 rings (SSSR count). The van der Waals surface area contributed by atoms with Crippen LogP contribution >= 0.6 is 0 Å². The van der Waals surface area contributed by atoms with Gasteiger partial charge < -0.3 is 10.6 Å². The van der Waals surface area contributed by atoms with E-state index in [0.717, 1.165) is 11.1 Å². The molecular formula is C28H29FN2O2. The maximum absolute atomic E-state index is 13.4. The van der Waals surface area contributed by atoms with Gasteiger partial charge in [-0.05, 0) is 66.1 Å². The van der Waals surface area contributed by atoms with Crippen molar-refractivity contribution in [3.8, 4) is 11.1 Å². The lowest BCUT2D eigenvalue weighted by atomic mass is 9.73. The molecule has 0 bridgehead atoms. The summed E-state index contributed by atoms with van der Waals surface area (Å²) in [6.45, 7) is 3.02. The number of nitrogens with two attached hydrogens (primary N) is 1. The number of amides is 2. The molecule has 5 heteroatoms. The molecule has 0 spiro atoms. The first kappa shape index (κ1) is 22.7. The fourth-order valence-electron chi connectivity index (χ4n) is 4.76. The Bertz CT molecular complexity index is 1170. The van der Waals surface area contributed by atoms with Gasteiger partial charge in [-0.2, -0.15) is 0 Å². The standard InChI is InChI=1S/C28H29FN2O2/c1-20-6-2-3-11-25(20)23-9-4-8-22(16-23)19-28(27(30)33)12-14-31(15-13-28)26(32)18-21-7-5-10-24(29)17-21/h2-11,16-17H,12-15,18-19H2,1H3,(H2,30,33). The molecule has 33 heavy (non-hydrogen) atoms. The van der Waals surface area contributed by atoms with Crippen LogP contribution in [0.1, 0.15) is 29.5 Å². The summed E-state index contributed by atoms with van der Waals surface area (Å²) in [5.41, 5.74) is 10.4. The van der Waals surface area contributed by atoms with E-state index in [0.29, 0.717) is 37.9 Å². The third kappa shape index (κ3) is 5.14. The van der Waals surface area contributed by atoms with Gasteiger partial charge in [0.05, 0.1) is 11.8 Å². The number of aryl methyl sites for hydroxylation is 1. The van der Waals surface area contributed by atoms with E-state index in [2.05, 4.69) is 31.2 Å². The van der Waals surface area contributed by atoms with Gasteiger partial charge in [-0.3, -0.25) is 9.59 Å². The van der Waals surface area contributed by atoms with Crippen LogP contribution < -0.4 is 5.73 Å². The number of piperidine rings is 1. The second-order valence-corrected chi connectivity index (χ2v) is 9.02. The lowest BCUT2D eigenvalue weighted by Crippen LogP contribution is -2.50. The molecule has 0 radical (unpaired) electrons. The van der Waals surface area contributed by atoms with Crippen LogP contribution in [0.15, 0.2) is 72.8 Å². The van der Waals surface area contributed by atoms with Crippen molar-refractivity contribution in [2.45, 2.75) is 32.6 Å². The van der Waals surface area contributed by atoms with E-state index in [4.69, 9.17) is 5.73 Å². The van der Waals surface area contributed by atoms with E-state index < -0.39 is 5.41 Å². The van der Waals surface area contributed by atoms with Crippen molar-refractivity contribution >= 4 is 11.8 Å². The number of benzene rings is 3. The number of primary amides is 1. The van der Waals surface area contributed by atoms with Crippen LogP contribution in [-0.2, 0) is 22.4 Å². The third-order valence-corrected chi connectivity index (χ3v) is 6.77. The van der Waals surface area contributed by atoms with Crippen molar-refractivity contribution in [2.75, 3.05) is 13.1 Å². The Labute approximate surface area is 194 Å². The number of hydrogen-bond donors (Lipinski definition) is 1. The number of halogens is 1. The number of rotatable bonds is 6. The number of nitrogens with zero attached hydrogens (tertiary/aromatic N) is 1. The highest BCUT2D eigenvalue weighted by molar-refractivity contribution is 5.83. The van der Waals surface area contributed by atoms with Gasteiger partial charge in [0.15, 0.2) is 0 Å². The second kappa shape index (κ2) is 9.57. The summed E-state index contributed by atoms with van der Waals surface area (Å²) in [4.78, 5) is 27.1. The molecule has 3 aromatic rings. The minimum absolute atomic E-state index is 0.0554. The third-order valence-electron chi connectivity index (χ3n) is 6.77. The van der Waals surface area contributed by atoms with Gasteiger partial charge in [0.25, 0.3) is 0 Å². The molecule has 1 fully saturated rings. The van der Waals surface area contributed by atoms with Crippen molar-refractivity contribution in [1.82, 2.24) is 4.90 Å². The molecule has 0 saturated carbocycles. The molecule has 1 saturated heterocycles. The molecule has 170 valence electrons. The van der Waals surface area contributed by atoms with Crippen LogP contribution in [0.5, 0.6) is 0 Å². The van der Waals surface area contributed by atoms with E-state index >= 15 is 0 Å². The van der Waals surface area contributed by atoms with Crippen molar-refractivity contribution in [1.29, 1.82) is 0 Å². The summed E-state index contributed by atoms with van der Waals surface area (Å²) in [6.07, 6.45) is 1.74. The first-order chi connectivity index (χ1) is 15.9. The molecule has 1 heterocycles. The smallest absolute Gasteiger partial charge is 0.226 e. The molecule has 0 unspecified atom stereocenters. The Hall–Kier alpha value is -3.47. The number of carbonyl (C=O) groups excluding carboxylic acids is 2. The highest BCUT2D eigenvalue weighted by Crippen LogP contribution is 2.36. The lowest BCUT2D eigenvalue weighted by molar-refractivity contribution is -0.138. The molecule has 0 aliphatic carbocycles. The van der Waals surface area contributed by atoms with Crippen LogP contribution in [0.2, 0.25) is 0 Å². The Balaban J connectivity index is 1.46. The average Bonchev–Trinajstić information content (AvgIpc) is 2.80. The van der Waals surface area contributed by atoms with Crippen molar-refractivity contribution in [3.05, 3.63) is 95.3 Å². The summed E-state index contributed by atoms with van der Waals surface area (Å²) in [5.74, 6) is -0.721. The van der Waals surface area contributed by atoms with E-state index in [-0.39, 0.29) is 24.1 Å². The number of likely N-dealkylation sites (tertiary alicyclic amines) is 1. The van der Waals surface area contributed by atoms with Gasteiger partial charge >= 0.3 is 0 Å². The summed E-state index contributed by atoms with van der Waals surface area (Å²) < 4.78 is 13.4. The average molecular weight is 445 g/mol. The van der Waals surface area contributed by atoms with Crippen molar-refractivity contribution in [2.24, 2.45) is 11.1 Å². The minimum atomic E-state index is -0.681. The zero-order valence-electron chi connectivity index (χ0n) is 18.9. The number of hydrogen-bond acceptors (Lipinski definition) is 2. The lowest BCUT2D eigenvalue weighted by Gasteiger charge is -2.40.